The van der Waals surface area contributed by atoms with E-state index in [4.69, 9.17) is 15.6 Å². The highest BCUT2D eigenvalue weighted by Crippen LogP contribution is 2.24. The van der Waals surface area contributed by atoms with Crippen molar-refractivity contribution in [2.75, 3.05) is 6.61 Å². The van der Waals surface area contributed by atoms with Gasteiger partial charge in [-0.2, -0.15) is 0 Å². The second kappa shape index (κ2) is 9.12. The minimum Gasteiger partial charge on any atom is -0.489 e. The van der Waals surface area contributed by atoms with E-state index in [0.717, 1.165) is 16.7 Å². The zero-order valence-corrected chi connectivity index (χ0v) is 15.3. The zero-order valence-electron chi connectivity index (χ0n) is 15.3. The van der Waals surface area contributed by atoms with Gasteiger partial charge >= 0.3 is 5.97 Å². The van der Waals surface area contributed by atoms with Gasteiger partial charge in [-0.05, 0) is 41.0 Å². The summed E-state index contributed by atoms with van der Waals surface area (Å²) < 4.78 is 5.87. The minimum atomic E-state index is -0.896. The predicted molar refractivity (Wildman–Crippen MR) is 106 cm³/mol. The smallest absolute Gasteiger partial charge is 0.307 e. The minimum absolute atomic E-state index is 0.0822. The summed E-state index contributed by atoms with van der Waals surface area (Å²) in [5, 5.41) is 18.3. The fourth-order valence-electron chi connectivity index (χ4n) is 2.88. The highest BCUT2D eigenvalue weighted by atomic mass is 16.5. The average Bonchev–Trinajstić information content (AvgIpc) is 2.72. The van der Waals surface area contributed by atoms with Crippen LogP contribution >= 0.6 is 0 Å². The highest BCUT2D eigenvalue weighted by molar-refractivity contribution is 5.71. The molecule has 1 atom stereocenters. The molecular formula is C22H22N2O4. The number of hydrogen-bond donors (Lipinski definition) is 3. The van der Waals surface area contributed by atoms with Crippen LogP contribution in [0.5, 0.6) is 5.75 Å². The van der Waals surface area contributed by atoms with Gasteiger partial charge < -0.3 is 20.7 Å². The summed E-state index contributed by atoms with van der Waals surface area (Å²) >= 11 is 0. The van der Waals surface area contributed by atoms with E-state index in [-0.39, 0.29) is 13.0 Å². The van der Waals surface area contributed by atoms with Crippen molar-refractivity contribution < 1.29 is 19.7 Å². The Morgan fingerprint density at radius 3 is 2.64 bits per heavy atom. The van der Waals surface area contributed by atoms with Crippen molar-refractivity contribution >= 4 is 5.97 Å². The lowest BCUT2D eigenvalue weighted by Crippen LogP contribution is -2.15. The van der Waals surface area contributed by atoms with Gasteiger partial charge in [0.2, 0.25) is 0 Å². The summed E-state index contributed by atoms with van der Waals surface area (Å²) in [5.74, 6) is -0.331. The molecule has 0 aliphatic heterocycles. The third kappa shape index (κ3) is 4.94. The van der Waals surface area contributed by atoms with Crippen LogP contribution in [0.1, 0.15) is 22.9 Å². The largest absolute Gasteiger partial charge is 0.489 e. The number of hydrogen-bond acceptors (Lipinski definition) is 5. The third-order valence-electron chi connectivity index (χ3n) is 4.33. The molecule has 0 saturated heterocycles. The molecule has 0 aliphatic carbocycles. The van der Waals surface area contributed by atoms with E-state index in [0.29, 0.717) is 23.6 Å². The molecule has 1 heterocycles. The Morgan fingerprint density at radius 1 is 1.07 bits per heavy atom. The summed E-state index contributed by atoms with van der Waals surface area (Å²) in [5.41, 5.74) is 10.0. The van der Waals surface area contributed by atoms with E-state index in [1.54, 1.807) is 24.4 Å². The van der Waals surface area contributed by atoms with Crippen LogP contribution in [0.2, 0.25) is 0 Å². The SMILES string of the molecule is N[C@H](CO)c1cc(-c2cccc(COc3ccccc3CC(=O)O)c2)ccn1. The summed E-state index contributed by atoms with van der Waals surface area (Å²) in [6, 6.07) is 18.2. The maximum absolute atomic E-state index is 11.0. The number of pyridine rings is 1. The molecule has 144 valence electrons. The molecule has 0 radical (unpaired) electrons. The lowest BCUT2D eigenvalue weighted by atomic mass is 10.0. The van der Waals surface area contributed by atoms with Crippen molar-refractivity contribution in [3.8, 4) is 16.9 Å². The Kier molecular flexibility index (Phi) is 6.37. The summed E-state index contributed by atoms with van der Waals surface area (Å²) in [4.78, 5) is 15.2. The number of benzene rings is 2. The first-order valence-corrected chi connectivity index (χ1v) is 8.91. The van der Waals surface area contributed by atoms with Gasteiger partial charge in [-0.25, -0.2) is 0 Å². The number of carboxylic acids is 1. The molecule has 0 aliphatic rings. The van der Waals surface area contributed by atoms with E-state index in [1.807, 2.05) is 42.5 Å². The first-order valence-electron chi connectivity index (χ1n) is 8.91. The molecule has 0 spiro atoms. The zero-order chi connectivity index (χ0) is 19.9. The van der Waals surface area contributed by atoms with Crippen LogP contribution in [0, 0.1) is 0 Å². The molecule has 3 aromatic rings. The van der Waals surface area contributed by atoms with Crippen LogP contribution in [-0.2, 0) is 17.8 Å². The first-order chi connectivity index (χ1) is 13.6. The molecule has 0 unspecified atom stereocenters. The number of nitrogens with zero attached hydrogens (tertiary/aromatic N) is 1. The Labute approximate surface area is 163 Å². The van der Waals surface area contributed by atoms with E-state index >= 15 is 0 Å². The molecule has 0 bridgehead atoms. The molecular weight excluding hydrogens is 356 g/mol. The Hall–Kier alpha value is -3.22. The quantitative estimate of drug-likeness (QED) is 0.556. The van der Waals surface area contributed by atoms with Crippen molar-refractivity contribution in [1.29, 1.82) is 0 Å². The molecule has 0 amide bonds. The Balaban J connectivity index is 1.77. The number of para-hydroxylation sites is 1. The number of aromatic nitrogens is 1. The third-order valence-corrected chi connectivity index (χ3v) is 4.33. The molecule has 1 aromatic heterocycles. The van der Waals surface area contributed by atoms with Gasteiger partial charge in [-0.3, -0.25) is 9.78 Å². The molecule has 4 N–H and O–H groups in total. The fourth-order valence-corrected chi connectivity index (χ4v) is 2.88. The summed E-state index contributed by atoms with van der Waals surface area (Å²) in [6.45, 7) is 0.151. The number of aliphatic hydroxyl groups is 1. The maximum Gasteiger partial charge on any atom is 0.307 e. The first kappa shape index (κ1) is 19.5. The molecule has 28 heavy (non-hydrogen) atoms. The molecule has 0 saturated carbocycles. The lowest BCUT2D eigenvalue weighted by molar-refractivity contribution is -0.136. The Morgan fingerprint density at radius 2 is 1.86 bits per heavy atom. The molecule has 3 rings (SSSR count). The van der Waals surface area contributed by atoms with Crippen LogP contribution in [0.15, 0.2) is 66.9 Å². The highest BCUT2D eigenvalue weighted by Gasteiger charge is 2.10. The van der Waals surface area contributed by atoms with E-state index in [2.05, 4.69) is 4.98 Å². The van der Waals surface area contributed by atoms with Crippen molar-refractivity contribution in [2.24, 2.45) is 5.73 Å². The van der Waals surface area contributed by atoms with Crippen LogP contribution in [-0.4, -0.2) is 27.8 Å². The number of ether oxygens (including phenoxy) is 1. The number of rotatable bonds is 8. The van der Waals surface area contributed by atoms with Crippen LogP contribution in [0.25, 0.3) is 11.1 Å². The second-order valence-electron chi connectivity index (χ2n) is 6.43. The van der Waals surface area contributed by atoms with Crippen molar-refractivity contribution in [2.45, 2.75) is 19.1 Å². The summed E-state index contributed by atoms with van der Waals surface area (Å²) in [7, 11) is 0. The van der Waals surface area contributed by atoms with Crippen molar-refractivity contribution in [1.82, 2.24) is 4.98 Å². The van der Waals surface area contributed by atoms with Gasteiger partial charge in [0.15, 0.2) is 0 Å². The van der Waals surface area contributed by atoms with Crippen LogP contribution in [0.4, 0.5) is 0 Å². The molecule has 0 fully saturated rings. The lowest BCUT2D eigenvalue weighted by Gasteiger charge is -2.12. The topological polar surface area (TPSA) is 106 Å². The van der Waals surface area contributed by atoms with Crippen LogP contribution in [0.3, 0.4) is 0 Å². The maximum atomic E-state index is 11.0. The van der Waals surface area contributed by atoms with Gasteiger partial charge in [0.25, 0.3) is 0 Å². The average molecular weight is 378 g/mol. The van der Waals surface area contributed by atoms with Gasteiger partial charge in [0, 0.05) is 11.8 Å². The van der Waals surface area contributed by atoms with Gasteiger partial charge in [0.1, 0.15) is 12.4 Å². The number of aliphatic hydroxyl groups excluding tert-OH is 1. The monoisotopic (exact) mass is 378 g/mol. The number of nitrogens with two attached hydrogens (primary N) is 1. The number of aliphatic carboxylic acids is 1. The fraction of sp³-hybridized carbons (Fsp3) is 0.182. The van der Waals surface area contributed by atoms with Gasteiger partial charge in [-0.1, -0.05) is 36.4 Å². The molecule has 6 heteroatoms. The van der Waals surface area contributed by atoms with Gasteiger partial charge in [0.05, 0.1) is 24.8 Å². The molecule has 6 nitrogen and oxygen atoms in total. The van der Waals surface area contributed by atoms with E-state index < -0.39 is 12.0 Å². The summed E-state index contributed by atoms with van der Waals surface area (Å²) in [6.07, 6.45) is 1.59. The Bertz CT molecular complexity index is 959. The van der Waals surface area contributed by atoms with E-state index in [9.17, 15) is 9.90 Å². The van der Waals surface area contributed by atoms with E-state index in [1.165, 1.54) is 0 Å². The number of carbonyl (C=O) groups is 1. The second-order valence-corrected chi connectivity index (χ2v) is 6.43. The number of carboxylic acid groups (broad SMARTS) is 1. The predicted octanol–water partition coefficient (Wildman–Crippen LogP) is 2.95. The van der Waals surface area contributed by atoms with Gasteiger partial charge in [-0.15, -0.1) is 0 Å². The normalized spacial score (nSPS) is 11.8. The standard InChI is InChI=1S/C22H22N2O4/c23-19(13-25)20-11-17(8-9-24-20)16-6-3-4-15(10-16)14-28-21-7-2-1-5-18(21)12-22(26)27/h1-11,19,25H,12-14,23H2,(H,26,27)/t19-/m1/s1. The van der Waals surface area contributed by atoms with Crippen molar-refractivity contribution in [3.63, 3.8) is 0 Å². The molecule has 2 aromatic carbocycles. The van der Waals surface area contributed by atoms with Crippen molar-refractivity contribution in [3.05, 3.63) is 83.7 Å². The van der Waals surface area contributed by atoms with Crippen LogP contribution < -0.4 is 10.5 Å².